The smallest absolute Gasteiger partial charge is 0.274 e. The fourth-order valence-corrected chi connectivity index (χ4v) is 2.97. The fourth-order valence-electron chi connectivity index (χ4n) is 2.97. The number of hydrogen-bond acceptors (Lipinski definition) is 3. The van der Waals surface area contributed by atoms with Crippen molar-refractivity contribution in [1.82, 2.24) is 9.36 Å². The van der Waals surface area contributed by atoms with E-state index in [0.29, 0.717) is 5.56 Å². The number of hydrogen-bond donors (Lipinski definition) is 0. The molecular formula is C21H24N4O. The first-order chi connectivity index (χ1) is 12.5. The molecule has 0 aliphatic rings. The first-order valence-corrected chi connectivity index (χ1v) is 8.75. The molecule has 1 heterocycles. The third kappa shape index (κ3) is 3.33. The van der Waals surface area contributed by atoms with Crippen molar-refractivity contribution in [3.63, 3.8) is 0 Å². The van der Waals surface area contributed by atoms with E-state index >= 15 is 0 Å². The van der Waals surface area contributed by atoms with Crippen LogP contribution >= 0.6 is 0 Å². The van der Waals surface area contributed by atoms with Crippen molar-refractivity contribution in [2.45, 2.75) is 20.8 Å². The largest absolute Gasteiger partial charge is 0.279 e. The zero-order chi connectivity index (χ0) is 18.7. The minimum atomic E-state index is -0.0291. The van der Waals surface area contributed by atoms with Crippen LogP contribution < -0.4 is 10.6 Å². The number of hydrazone groups is 1. The van der Waals surface area contributed by atoms with Crippen molar-refractivity contribution in [3.8, 4) is 5.69 Å². The average Bonchev–Trinajstić information content (AvgIpc) is 2.87. The molecule has 0 radical (unpaired) electrons. The van der Waals surface area contributed by atoms with Crippen LogP contribution in [0.1, 0.15) is 23.7 Å². The average molecular weight is 348 g/mol. The SMILES string of the molecule is CCN(/N=C\c1c(C)c(=O)n(-c2ccccc2)n1C)c1ccc(C)cc1. The molecule has 2 aromatic carbocycles. The van der Waals surface area contributed by atoms with Crippen LogP contribution in [0.4, 0.5) is 5.69 Å². The van der Waals surface area contributed by atoms with Crippen molar-refractivity contribution in [3.05, 3.63) is 81.8 Å². The van der Waals surface area contributed by atoms with Crippen LogP contribution in [0.25, 0.3) is 5.69 Å². The highest BCUT2D eigenvalue weighted by Gasteiger charge is 2.14. The molecule has 134 valence electrons. The second-order valence-corrected chi connectivity index (χ2v) is 6.28. The highest BCUT2D eigenvalue weighted by atomic mass is 16.1. The van der Waals surface area contributed by atoms with Crippen molar-refractivity contribution < 1.29 is 0 Å². The molecule has 0 aliphatic carbocycles. The lowest BCUT2D eigenvalue weighted by Crippen LogP contribution is -2.20. The number of benzene rings is 2. The van der Waals surface area contributed by atoms with Crippen molar-refractivity contribution >= 4 is 11.9 Å². The Morgan fingerprint density at radius 2 is 1.69 bits per heavy atom. The highest BCUT2D eigenvalue weighted by Crippen LogP contribution is 2.15. The molecule has 0 unspecified atom stereocenters. The van der Waals surface area contributed by atoms with E-state index in [4.69, 9.17) is 0 Å². The fraction of sp³-hybridized carbons (Fsp3) is 0.238. The summed E-state index contributed by atoms with van der Waals surface area (Å²) in [4.78, 5) is 12.7. The van der Waals surface area contributed by atoms with Gasteiger partial charge in [0.1, 0.15) is 0 Å². The third-order valence-corrected chi connectivity index (χ3v) is 4.50. The molecule has 3 aromatic rings. The van der Waals surface area contributed by atoms with Crippen LogP contribution in [0.15, 0.2) is 64.5 Å². The maximum atomic E-state index is 12.7. The van der Waals surface area contributed by atoms with Gasteiger partial charge in [-0.05, 0) is 45.0 Å². The molecule has 0 fully saturated rings. The van der Waals surface area contributed by atoms with E-state index in [0.717, 1.165) is 23.6 Å². The monoisotopic (exact) mass is 348 g/mol. The summed E-state index contributed by atoms with van der Waals surface area (Å²) in [5.74, 6) is 0. The van der Waals surface area contributed by atoms with Gasteiger partial charge in [0.15, 0.2) is 0 Å². The Hall–Kier alpha value is -3.08. The van der Waals surface area contributed by atoms with Gasteiger partial charge in [-0.1, -0.05) is 35.9 Å². The molecule has 5 heteroatoms. The zero-order valence-corrected chi connectivity index (χ0v) is 15.7. The van der Waals surface area contributed by atoms with Gasteiger partial charge in [0.25, 0.3) is 5.56 Å². The molecule has 26 heavy (non-hydrogen) atoms. The standard InChI is InChI=1S/C21H24N4O/c1-5-24(18-13-11-16(2)12-14-18)22-15-20-17(3)21(26)25(23(20)4)19-9-7-6-8-10-19/h6-15H,5H2,1-4H3/b22-15-. The van der Waals surface area contributed by atoms with E-state index in [9.17, 15) is 4.79 Å². The highest BCUT2D eigenvalue weighted by molar-refractivity contribution is 5.80. The van der Waals surface area contributed by atoms with Gasteiger partial charge < -0.3 is 0 Å². The Kier molecular flexibility index (Phi) is 5.07. The van der Waals surface area contributed by atoms with E-state index in [1.807, 2.05) is 54.0 Å². The van der Waals surface area contributed by atoms with Gasteiger partial charge in [0, 0.05) is 19.2 Å². The van der Waals surface area contributed by atoms with Gasteiger partial charge in [0.05, 0.1) is 23.3 Å². The van der Waals surface area contributed by atoms with Crippen LogP contribution in [0, 0.1) is 13.8 Å². The number of para-hydroxylation sites is 1. The lowest BCUT2D eigenvalue weighted by atomic mass is 10.2. The summed E-state index contributed by atoms with van der Waals surface area (Å²) >= 11 is 0. The van der Waals surface area contributed by atoms with Crippen molar-refractivity contribution in [2.24, 2.45) is 12.1 Å². The summed E-state index contributed by atoms with van der Waals surface area (Å²) in [5.41, 5.74) is 4.53. The molecular weight excluding hydrogens is 324 g/mol. The summed E-state index contributed by atoms with van der Waals surface area (Å²) in [5, 5.41) is 6.54. The maximum absolute atomic E-state index is 12.7. The first kappa shape index (κ1) is 17.7. The Morgan fingerprint density at radius 3 is 2.31 bits per heavy atom. The van der Waals surface area contributed by atoms with E-state index < -0.39 is 0 Å². The van der Waals surface area contributed by atoms with Gasteiger partial charge >= 0.3 is 0 Å². The molecule has 0 saturated carbocycles. The Labute approximate surface area is 153 Å². The number of anilines is 1. The molecule has 5 nitrogen and oxygen atoms in total. The van der Waals surface area contributed by atoms with Crippen LogP contribution in [-0.2, 0) is 7.05 Å². The van der Waals surface area contributed by atoms with Crippen molar-refractivity contribution in [2.75, 3.05) is 11.6 Å². The van der Waals surface area contributed by atoms with Crippen molar-refractivity contribution in [1.29, 1.82) is 0 Å². The molecule has 3 rings (SSSR count). The Morgan fingerprint density at radius 1 is 1.04 bits per heavy atom. The number of rotatable bonds is 5. The van der Waals surface area contributed by atoms with Gasteiger partial charge in [-0.2, -0.15) is 5.10 Å². The van der Waals surface area contributed by atoms with Gasteiger partial charge in [-0.25, -0.2) is 4.68 Å². The van der Waals surface area contributed by atoms with E-state index in [2.05, 4.69) is 43.2 Å². The van der Waals surface area contributed by atoms with Crippen LogP contribution in [0.2, 0.25) is 0 Å². The summed E-state index contributed by atoms with van der Waals surface area (Å²) in [7, 11) is 1.88. The Bertz CT molecular complexity index is 966. The molecule has 0 amide bonds. The lowest BCUT2D eigenvalue weighted by molar-refractivity contribution is 0.642. The summed E-state index contributed by atoms with van der Waals surface area (Å²) in [6.45, 7) is 6.70. The number of aromatic nitrogens is 2. The molecule has 0 atom stereocenters. The van der Waals surface area contributed by atoms with Crippen LogP contribution in [0.5, 0.6) is 0 Å². The minimum Gasteiger partial charge on any atom is -0.279 e. The van der Waals surface area contributed by atoms with Crippen LogP contribution in [0.3, 0.4) is 0 Å². The van der Waals surface area contributed by atoms with Gasteiger partial charge in [-0.3, -0.25) is 14.5 Å². The predicted molar refractivity (Wildman–Crippen MR) is 108 cm³/mol. The van der Waals surface area contributed by atoms with E-state index in [1.165, 1.54) is 5.56 Å². The molecule has 0 spiro atoms. The molecule has 1 aromatic heterocycles. The summed E-state index contributed by atoms with van der Waals surface area (Å²) in [6.07, 6.45) is 1.76. The predicted octanol–water partition coefficient (Wildman–Crippen LogP) is 3.65. The first-order valence-electron chi connectivity index (χ1n) is 8.75. The second-order valence-electron chi connectivity index (χ2n) is 6.28. The molecule has 0 aliphatic heterocycles. The third-order valence-electron chi connectivity index (χ3n) is 4.50. The van der Waals surface area contributed by atoms with Gasteiger partial charge in [0.2, 0.25) is 0 Å². The summed E-state index contributed by atoms with van der Waals surface area (Å²) < 4.78 is 3.51. The molecule has 0 saturated heterocycles. The topological polar surface area (TPSA) is 42.5 Å². The van der Waals surface area contributed by atoms with E-state index in [-0.39, 0.29) is 5.56 Å². The lowest BCUT2D eigenvalue weighted by Gasteiger charge is -2.17. The quantitative estimate of drug-likeness (QED) is 0.522. The van der Waals surface area contributed by atoms with Gasteiger partial charge in [-0.15, -0.1) is 0 Å². The normalized spacial score (nSPS) is 11.2. The Balaban J connectivity index is 1.98. The number of aryl methyl sites for hydroxylation is 1. The second kappa shape index (κ2) is 7.44. The number of nitrogens with zero attached hydrogens (tertiary/aromatic N) is 4. The zero-order valence-electron chi connectivity index (χ0n) is 15.7. The molecule has 0 bridgehead atoms. The van der Waals surface area contributed by atoms with Crippen LogP contribution in [-0.4, -0.2) is 22.1 Å². The minimum absolute atomic E-state index is 0.0291. The van der Waals surface area contributed by atoms with E-state index in [1.54, 1.807) is 10.9 Å². The molecule has 0 N–H and O–H groups in total. The summed E-state index contributed by atoms with van der Waals surface area (Å²) in [6, 6.07) is 17.9. The maximum Gasteiger partial charge on any atom is 0.274 e.